The lowest BCUT2D eigenvalue weighted by atomic mass is 9.73. The molecule has 16 heavy (non-hydrogen) atoms. The monoisotopic (exact) mass is 224 g/mol. The predicted octanol–water partition coefficient (Wildman–Crippen LogP) is 3.71. The Morgan fingerprint density at radius 3 is 2.62 bits per heavy atom. The molecule has 0 aliphatic carbocycles. The van der Waals surface area contributed by atoms with Crippen molar-refractivity contribution in [1.82, 2.24) is 0 Å². The smallest absolute Gasteiger partial charge is 0.334 e. The van der Waals surface area contributed by atoms with Gasteiger partial charge in [0.2, 0.25) is 0 Å². The second-order valence-electron chi connectivity index (χ2n) is 5.52. The molecule has 1 fully saturated rings. The minimum absolute atomic E-state index is 0.0269. The summed E-state index contributed by atoms with van der Waals surface area (Å²) in [5.41, 5.74) is 0.531. The van der Waals surface area contributed by atoms with E-state index in [4.69, 9.17) is 4.74 Å². The molecule has 0 aromatic heterocycles. The molecular formula is C14H24O2. The Hall–Kier alpha value is -0.790. The van der Waals surface area contributed by atoms with E-state index in [0.717, 1.165) is 25.7 Å². The van der Waals surface area contributed by atoms with Gasteiger partial charge in [0, 0.05) is 11.0 Å². The minimum atomic E-state index is -0.191. The van der Waals surface area contributed by atoms with Crippen LogP contribution in [0.5, 0.6) is 0 Å². The summed E-state index contributed by atoms with van der Waals surface area (Å²) in [5, 5.41) is 0. The first kappa shape index (κ1) is 13.3. The fraction of sp³-hybridized carbons (Fsp3) is 0.786. The van der Waals surface area contributed by atoms with Gasteiger partial charge in [0.1, 0.15) is 6.10 Å². The summed E-state index contributed by atoms with van der Waals surface area (Å²) in [6, 6.07) is 0. The first-order valence-corrected chi connectivity index (χ1v) is 6.32. The molecule has 1 heterocycles. The maximum atomic E-state index is 11.6. The number of carbonyl (C=O) groups excluding carboxylic acids is 1. The number of hydrogen-bond donors (Lipinski definition) is 0. The van der Waals surface area contributed by atoms with Crippen LogP contribution in [-0.4, -0.2) is 12.1 Å². The molecule has 0 saturated carbocycles. The van der Waals surface area contributed by atoms with Crippen LogP contribution in [0, 0.1) is 11.3 Å². The van der Waals surface area contributed by atoms with Crippen molar-refractivity contribution in [1.29, 1.82) is 0 Å². The highest BCUT2D eigenvalue weighted by Crippen LogP contribution is 2.45. The normalized spacial score (nSPS) is 29.9. The van der Waals surface area contributed by atoms with E-state index >= 15 is 0 Å². The van der Waals surface area contributed by atoms with Gasteiger partial charge in [-0.2, -0.15) is 0 Å². The minimum Gasteiger partial charge on any atom is -0.458 e. The van der Waals surface area contributed by atoms with Crippen molar-refractivity contribution < 1.29 is 9.53 Å². The van der Waals surface area contributed by atoms with Crippen LogP contribution >= 0.6 is 0 Å². The quantitative estimate of drug-likeness (QED) is 0.525. The van der Waals surface area contributed by atoms with Gasteiger partial charge in [0.15, 0.2) is 0 Å². The number of hydrogen-bond acceptors (Lipinski definition) is 2. The van der Waals surface area contributed by atoms with Crippen molar-refractivity contribution in [3.8, 4) is 0 Å². The van der Waals surface area contributed by atoms with Gasteiger partial charge in [-0.15, -0.1) is 0 Å². The Labute approximate surface area is 99.1 Å². The van der Waals surface area contributed by atoms with Gasteiger partial charge in [-0.1, -0.05) is 47.1 Å². The SMILES string of the molecule is C=C1C(=O)O[C@H](CC(C)C)[C@]1(C)CCCC. The first-order chi connectivity index (χ1) is 7.41. The summed E-state index contributed by atoms with van der Waals surface area (Å²) in [7, 11) is 0. The maximum absolute atomic E-state index is 11.6. The molecular weight excluding hydrogens is 200 g/mol. The van der Waals surface area contributed by atoms with E-state index in [0.29, 0.717) is 11.5 Å². The van der Waals surface area contributed by atoms with Crippen molar-refractivity contribution in [3.63, 3.8) is 0 Å². The third-order valence-electron chi connectivity index (χ3n) is 3.63. The summed E-state index contributed by atoms with van der Waals surface area (Å²) in [6.45, 7) is 12.5. The zero-order chi connectivity index (χ0) is 12.3. The summed E-state index contributed by atoms with van der Waals surface area (Å²) in [5.74, 6) is 0.355. The number of rotatable bonds is 5. The van der Waals surface area contributed by atoms with Crippen molar-refractivity contribution in [3.05, 3.63) is 12.2 Å². The van der Waals surface area contributed by atoms with E-state index < -0.39 is 0 Å². The van der Waals surface area contributed by atoms with Gasteiger partial charge in [0.25, 0.3) is 0 Å². The highest BCUT2D eigenvalue weighted by molar-refractivity contribution is 5.91. The van der Waals surface area contributed by atoms with Gasteiger partial charge in [-0.3, -0.25) is 0 Å². The van der Waals surface area contributed by atoms with Crippen LogP contribution in [0.3, 0.4) is 0 Å². The first-order valence-electron chi connectivity index (χ1n) is 6.32. The second kappa shape index (κ2) is 5.03. The number of esters is 1. The zero-order valence-electron chi connectivity index (χ0n) is 11.0. The molecule has 0 N–H and O–H groups in total. The van der Waals surface area contributed by atoms with Crippen molar-refractivity contribution >= 4 is 5.97 Å². The molecule has 0 radical (unpaired) electrons. The topological polar surface area (TPSA) is 26.3 Å². The summed E-state index contributed by atoms with van der Waals surface area (Å²) in [4.78, 5) is 11.6. The summed E-state index contributed by atoms with van der Waals surface area (Å²) in [6.07, 6.45) is 4.24. The van der Waals surface area contributed by atoms with Gasteiger partial charge < -0.3 is 4.74 Å². The maximum Gasteiger partial charge on any atom is 0.334 e. The van der Waals surface area contributed by atoms with Crippen molar-refractivity contribution in [2.24, 2.45) is 11.3 Å². The van der Waals surface area contributed by atoms with Crippen LogP contribution in [0.4, 0.5) is 0 Å². The van der Waals surface area contributed by atoms with Gasteiger partial charge >= 0.3 is 5.97 Å². The largest absolute Gasteiger partial charge is 0.458 e. The Balaban J connectivity index is 2.81. The Kier molecular flexibility index (Phi) is 4.17. The second-order valence-corrected chi connectivity index (χ2v) is 5.52. The molecule has 0 bridgehead atoms. The van der Waals surface area contributed by atoms with E-state index in [1.54, 1.807) is 0 Å². The van der Waals surface area contributed by atoms with Crippen LogP contribution in [0.15, 0.2) is 12.2 Å². The fourth-order valence-electron chi connectivity index (χ4n) is 2.35. The van der Waals surface area contributed by atoms with E-state index in [-0.39, 0.29) is 17.5 Å². The van der Waals surface area contributed by atoms with Crippen LogP contribution in [-0.2, 0) is 9.53 Å². The molecule has 0 unspecified atom stereocenters. The lowest BCUT2D eigenvalue weighted by Crippen LogP contribution is -2.30. The summed E-state index contributed by atoms with van der Waals surface area (Å²) >= 11 is 0. The van der Waals surface area contributed by atoms with Crippen molar-refractivity contribution in [2.45, 2.75) is 59.5 Å². The molecule has 92 valence electrons. The highest BCUT2D eigenvalue weighted by Gasteiger charge is 2.48. The predicted molar refractivity (Wildman–Crippen MR) is 66.1 cm³/mol. The number of unbranched alkanes of at least 4 members (excludes halogenated alkanes) is 1. The Bertz CT molecular complexity index is 280. The van der Waals surface area contributed by atoms with Crippen LogP contribution < -0.4 is 0 Å². The van der Waals surface area contributed by atoms with Gasteiger partial charge in [0.05, 0.1) is 0 Å². The Morgan fingerprint density at radius 1 is 1.50 bits per heavy atom. The third kappa shape index (κ3) is 2.47. The van der Waals surface area contributed by atoms with Crippen molar-refractivity contribution in [2.75, 3.05) is 0 Å². The van der Waals surface area contributed by atoms with E-state index in [2.05, 4.69) is 34.3 Å². The molecule has 1 aliphatic rings. The average Bonchev–Trinajstić information content (AvgIpc) is 2.40. The molecule has 0 aromatic carbocycles. The molecule has 1 saturated heterocycles. The van der Waals surface area contributed by atoms with E-state index in [1.165, 1.54) is 0 Å². The number of cyclic esters (lactones) is 1. The molecule has 1 aliphatic heterocycles. The van der Waals surface area contributed by atoms with E-state index in [1.807, 2.05) is 0 Å². The highest BCUT2D eigenvalue weighted by atomic mass is 16.6. The molecule has 1 rings (SSSR count). The Morgan fingerprint density at radius 2 is 2.12 bits per heavy atom. The molecule has 2 nitrogen and oxygen atoms in total. The standard InChI is InChI=1S/C14H24O2/c1-6-7-8-14(5)11(4)13(15)16-12(14)9-10(2)3/h10,12H,4,6-9H2,1-3,5H3/t12-,14-/m1/s1. The lowest BCUT2D eigenvalue weighted by molar-refractivity contribution is -0.140. The fourth-order valence-corrected chi connectivity index (χ4v) is 2.35. The average molecular weight is 224 g/mol. The molecule has 0 aromatic rings. The molecule has 2 atom stereocenters. The van der Waals surface area contributed by atoms with Gasteiger partial charge in [-0.25, -0.2) is 4.79 Å². The number of ether oxygens (including phenoxy) is 1. The summed E-state index contributed by atoms with van der Waals surface area (Å²) < 4.78 is 5.46. The lowest BCUT2D eigenvalue weighted by Gasteiger charge is -2.30. The third-order valence-corrected chi connectivity index (χ3v) is 3.63. The molecule has 2 heteroatoms. The zero-order valence-corrected chi connectivity index (χ0v) is 11.0. The van der Waals surface area contributed by atoms with E-state index in [9.17, 15) is 4.79 Å². The van der Waals surface area contributed by atoms with Gasteiger partial charge in [-0.05, 0) is 18.8 Å². The molecule has 0 spiro atoms. The van der Waals surface area contributed by atoms with Crippen LogP contribution in [0.25, 0.3) is 0 Å². The van der Waals surface area contributed by atoms with Crippen LogP contribution in [0.1, 0.15) is 53.4 Å². The number of carbonyl (C=O) groups is 1. The van der Waals surface area contributed by atoms with Crippen LogP contribution in [0.2, 0.25) is 0 Å². The molecule has 0 amide bonds.